The third-order valence-electron chi connectivity index (χ3n) is 6.08. The van der Waals surface area contributed by atoms with Crippen molar-refractivity contribution in [1.29, 1.82) is 0 Å². The number of benzene rings is 1. The number of carbonyl (C=O) groups excluding carboxylic acids is 1. The first kappa shape index (κ1) is 20.3. The molecule has 0 bridgehead atoms. The maximum atomic E-state index is 12.9. The zero-order valence-corrected chi connectivity index (χ0v) is 17.5. The molecule has 0 atom stereocenters. The normalized spacial score (nSPS) is 21.0. The first-order chi connectivity index (χ1) is 12.8. The van der Waals surface area contributed by atoms with Crippen LogP contribution in [0.2, 0.25) is 0 Å². The van der Waals surface area contributed by atoms with Gasteiger partial charge in [-0.25, -0.2) is 8.42 Å². The summed E-state index contributed by atoms with van der Waals surface area (Å²) in [6.07, 6.45) is 3.39. The maximum Gasteiger partial charge on any atom is 0.243 e. The van der Waals surface area contributed by atoms with E-state index in [1.54, 1.807) is 16.4 Å². The van der Waals surface area contributed by atoms with Gasteiger partial charge in [0.05, 0.1) is 4.90 Å². The summed E-state index contributed by atoms with van der Waals surface area (Å²) < 4.78 is 27.4. The molecule has 0 radical (unpaired) electrons. The summed E-state index contributed by atoms with van der Waals surface area (Å²) in [5, 5.41) is 0. The lowest BCUT2D eigenvalue weighted by atomic mass is 9.93. The summed E-state index contributed by atoms with van der Waals surface area (Å²) in [5.74, 6) is 1.26. The fraction of sp³-hybridized carbons (Fsp3) is 0.667. The predicted octanol–water partition coefficient (Wildman–Crippen LogP) is 3.47. The minimum atomic E-state index is -3.48. The summed E-state index contributed by atoms with van der Waals surface area (Å²) in [4.78, 5) is 15.1. The highest BCUT2D eigenvalue weighted by Gasteiger charge is 2.34. The Hall–Kier alpha value is -1.40. The van der Waals surface area contributed by atoms with Crippen molar-refractivity contribution in [2.75, 3.05) is 26.2 Å². The number of carbonyl (C=O) groups is 1. The Morgan fingerprint density at radius 2 is 1.52 bits per heavy atom. The molecule has 2 saturated heterocycles. The number of rotatable bonds is 4. The van der Waals surface area contributed by atoms with Crippen LogP contribution in [0.1, 0.15) is 57.9 Å². The molecule has 0 saturated carbocycles. The molecule has 1 aromatic carbocycles. The average Bonchev–Trinajstić information content (AvgIpc) is 2.68. The molecule has 150 valence electrons. The monoisotopic (exact) mass is 392 g/mol. The molecule has 27 heavy (non-hydrogen) atoms. The van der Waals surface area contributed by atoms with E-state index in [9.17, 15) is 13.2 Å². The van der Waals surface area contributed by atoms with E-state index < -0.39 is 10.0 Å². The van der Waals surface area contributed by atoms with Gasteiger partial charge in [-0.2, -0.15) is 4.31 Å². The zero-order chi connectivity index (χ0) is 19.6. The van der Waals surface area contributed by atoms with Gasteiger partial charge in [-0.05, 0) is 55.2 Å². The molecule has 6 heteroatoms. The van der Waals surface area contributed by atoms with Crippen molar-refractivity contribution in [1.82, 2.24) is 9.21 Å². The van der Waals surface area contributed by atoms with Gasteiger partial charge < -0.3 is 4.90 Å². The largest absolute Gasteiger partial charge is 0.342 e. The van der Waals surface area contributed by atoms with E-state index in [1.165, 1.54) is 0 Å². The molecule has 0 aliphatic carbocycles. The van der Waals surface area contributed by atoms with Gasteiger partial charge in [0.2, 0.25) is 15.9 Å². The van der Waals surface area contributed by atoms with Crippen molar-refractivity contribution in [3.8, 4) is 0 Å². The molecule has 2 aliphatic rings. The van der Waals surface area contributed by atoms with E-state index in [-0.39, 0.29) is 11.8 Å². The van der Waals surface area contributed by atoms with Gasteiger partial charge in [0.1, 0.15) is 0 Å². The van der Waals surface area contributed by atoms with Crippen LogP contribution in [0.3, 0.4) is 0 Å². The van der Waals surface area contributed by atoms with Crippen LogP contribution in [0.15, 0.2) is 29.2 Å². The Balaban J connectivity index is 1.60. The van der Waals surface area contributed by atoms with Crippen LogP contribution in [0.4, 0.5) is 0 Å². The fourth-order valence-corrected chi connectivity index (χ4v) is 5.47. The van der Waals surface area contributed by atoms with E-state index >= 15 is 0 Å². The van der Waals surface area contributed by atoms with Crippen molar-refractivity contribution in [2.24, 2.45) is 11.8 Å². The number of amides is 1. The topological polar surface area (TPSA) is 57.7 Å². The lowest BCUT2D eigenvalue weighted by Gasteiger charge is -2.36. The molecule has 1 amide bonds. The quantitative estimate of drug-likeness (QED) is 0.788. The summed E-state index contributed by atoms with van der Waals surface area (Å²) >= 11 is 0. The second-order valence-corrected chi connectivity index (χ2v) is 10.3. The Labute approximate surface area is 163 Å². The molecule has 0 spiro atoms. The summed E-state index contributed by atoms with van der Waals surface area (Å²) in [6, 6.07) is 7.20. The molecule has 0 N–H and O–H groups in total. The molecule has 0 aromatic heterocycles. The molecule has 5 nitrogen and oxygen atoms in total. The van der Waals surface area contributed by atoms with Crippen LogP contribution in [0.25, 0.3) is 0 Å². The van der Waals surface area contributed by atoms with Crippen molar-refractivity contribution < 1.29 is 13.2 Å². The summed E-state index contributed by atoms with van der Waals surface area (Å²) in [5.41, 5.74) is 1.13. The van der Waals surface area contributed by atoms with E-state index in [4.69, 9.17) is 0 Å². The third-order valence-corrected chi connectivity index (χ3v) is 8.00. The van der Waals surface area contributed by atoms with Gasteiger partial charge in [0.25, 0.3) is 0 Å². The minimum absolute atomic E-state index is 0.0341. The summed E-state index contributed by atoms with van der Waals surface area (Å²) in [6.45, 7) is 8.96. The molecule has 3 rings (SSSR count). The fourth-order valence-electron chi connectivity index (χ4n) is 4.00. The van der Waals surface area contributed by atoms with E-state index in [2.05, 4.69) is 20.8 Å². The molecule has 0 unspecified atom stereocenters. The Morgan fingerprint density at radius 1 is 0.963 bits per heavy atom. The summed E-state index contributed by atoms with van der Waals surface area (Å²) in [7, 11) is -3.48. The van der Waals surface area contributed by atoms with Gasteiger partial charge in [0, 0.05) is 32.1 Å². The molecule has 1 aromatic rings. The predicted molar refractivity (Wildman–Crippen MR) is 107 cm³/mol. The standard InChI is InChI=1S/C21H32N2O3S/c1-16(2)18-4-6-20(7-5-18)27(25,26)23-14-10-19(11-15-23)21(24)22-12-8-17(3)9-13-22/h4-7,16-17,19H,8-15H2,1-3H3. The van der Waals surface area contributed by atoms with Crippen molar-refractivity contribution in [3.63, 3.8) is 0 Å². The second kappa shape index (κ2) is 8.31. The smallest absolute Gasteiger partial charge is 0.243 e. The van der Waals surface area contributed by atoms with Crippen LogP contribution in [-0.4, -0.2) is 49.7 Å². The average molecular weight is 393 g/mol. The Kier molecular flexibility index (Phi) is 6.26. The first-order valence-electron chi connectivity index (χ1n) is 10.2. The van der Waals surface area contributed by atoms with Gasteiger partial charge in [0.15, 0.2) is 0 Å². The molecular formula is C21H32N2O3S. The van der Waals surface area contributed by atoms with Gasteiger partial charge in [-0.1, -0.05) is 32.9 Å². The number of sulfonamides is 1. The number of hydrogen-bond acceptors (Lipinski definition) is 3. The van der Waals surface area contributed by atoms with Gasteiger partial charge in [-0.3, -0.25) is 4.79 Å². The highest BCUT2D eigenvalue weighted by molar-refractivity contribution is 7.89. The Morgan fingerprint density at radius 3 is 2.04 bits per heavy atom. The second-order valence-electron chi connectivity index (χ2n) is 8.41. The van der Waals surface area contributed by atoms with E-state index in [1.807, 2.05) is 17.0 Å². The van der Waals surface area contributed by atoms with Crippen LogP contribution in [0, 0.1) is 11.8 Å². The number of piperidine rings is 2. The lowest BCUT2D eigenvalue weighted by Crippen LogP contribution is -2.46. The number of nitrogens with zero attached hydrogens (tertiary/aromatic N) is 2. The van der Waals surface area contributed by atoms with Crippen molar-refractivity contribution in [2.45, 2.75) is 57.3 Å². The van der Waals surface area contributed by atoms with Crippen LogP contribution in [0.5, 0.6) is 0 Å². The van der Waals surface area contributed by atoms with Gasteiger partial charge in [-0.15, -0.1) is 0 Å². The maximum absolute atomic E-state index is 12.9. The highest BCUT2D eigenvalue weighted by atomic mass is 32.2. The van der Waals surface area contributed by atoms with E-state index in [0.717, 1.165) is 31.5 Å². The molecular weight excluding hydrogens is 360 g/mol. The van der Waals surface area contributed by atoms with Crippen LogP contribution >= 0.6 is 0 Å². The van der Waals surface area contributed by atoms with Crippen LogP contribution in [-0.2, 0) is 14.8 Å². The van der Waals surface area contributed by atoms with E-state index in [0.29, 0.717) is 42.7 Å². The van der Waals surface area contributed by atoms with Crippen molar-refractivity contribution >= 4 is 15.9 Å². The highest BCUT2D eigenvalue weighted by Crippen LogP contribution is 2.27. The third kappa shape index (κ3) is 4.54. The molecule has 2 fully saturated rings. The minimum Gasteiger partial charge on any atom is -0.342 e. The number of hydrogen-bond donors (Lipinski definition) is 0. The lowest BCUT2D eigenvalue weighted by molar-refractivity contribution is -0.138. The Bertz CT molecular complexity index is 742. The number of likely N-dealkylation sites (tertiary alicyclic amines) is 1. The van der Waals surface area contributed by atoms with Crippen molar-refractivity contribution in [3.05, 3.63) is 29.8 Å². The van der Waals surface area contributed by atoms with Gasteiger partial charge >= 0.3 is 0 Å². The SMILES string of the molecule is CC1CCN(C(=O)C2CCN(S(=O)(=O)c3ccc(C(C)C)cc3)CC2)CC1. The first-order valence-corrected chi connectivity index (χ1v) is 11.6. The molecule has 2 aliphatic heterocycles. The molecule has 2 heterocycles. The van der Waals surface area contributed by atoms with Crippen LogP contribution < -0.4 is 0 Å². The zero-order valence-electron chi connectivity index (χ0n) is 16.7.